The SMILES string of the molecule is CCC[C@@H]1S[C@@H]1CO. The quantitative estimate of drug-likeness (QED) is 0.583. The van der Waals surface area contributed by atoms with Crippen LogP contribution in [0.3, 0.4) is 0 Å². The van der Waals surface area contributed by atoms with E-state index in [1.165, 1.54) is 12.8 Å². The number of aliphatic hydroxyl groups is 1. The summed E-state index contributed by atoms with van der Waals surface area (Å²) in [6.45, 7) is 2.57. The van der Waals surface area contributed by atoms with Gasteiger partial charge in [0.1, 0.15) is 0 Å². The third kappa shape index (κ3) is 1.39. The van der Waals surface area contributed by atoms with E-state index in [0.717, 1.165) is 5.25 Å². The summed E-state index contributed by atoms with van der Waals surface area (Å²) in [4.78, 5) is 0. The van der Waals surface area contributed by atoms with Gasteiger partial charge in [-0.2, -0.15) is 11.8 Å². The molecule has 2 heteroatoms. The van der Waals surface area contributed by atoms with Gasteiger partial charge in [0.25, 0.3) is 0 Å². The summed E-state index contributed by atoms with van der Waals surface area (Å²) in [5.74, 6) is 0. The third-order valence-electron chi connectivity index (χ3n) is 1.44. The van der Waals surface area contributed by atoms with E-state index in [1.54, 1.807) is 0 Å². The molecule has 48 valence electrons. The Labute approximate surface area is 54.5 Å². The van der Waals surface area contributed by atoms with Crippen molar-refractivity contribution in [2.24, 2.45) is 0 Å². The number of aliphatic hydroxyl groups excluding tert-OH is 1. The van der Waals surface area contributed by atoms with E-state index in [-0.39, 0.29) is 0 Å². The molecule has 0 aromatic heterocycles. The Kier molecular flexibility index (Phi) is 2.20. The smallest absolute Gasteiger partial charge is 0.0560 e. The average Bonchev–Trinajstić information content (AvgIpc) is 2.48. The van der Waals surface area contributed by atoms with Crippen LogP contribution in [-0.2, 0) is 0 Å². The Morgan fingerprint density at radius 2 is 2.25 bits per heavy atom. The van der Waals surface area contributed by atoms with Crippen molar-refractivity contribution in [3.63, 3.8) is 0 Å². The fraction of sp³-hybridized carbons (Fsp3) is 1.00. The summed E-state index contributed by atoms with van der Waals surface area (Å²) in [5.41, 5.74) is 0. The van der Waals surface area contributed by atoms with Gasteiger partial charge in [-0.05, 0) is 6.42 Å². The molecule has 8 heavy (non-hydrogen) atoms. The Morgan fingerprint density at radius 3 is 2.62 bits per heavy atom. The zero-order valence-corrected chi connectivity index (χ0v) is 5.95. The standard InChI is InChI=1S/C6H12OS/c1-2-3-5-6(4-7)8-5/h5-7H,2-4H2,1H3/t5-,6+/m0/s1. The van der Waals surface area contributed by atoms with Crippen molar-refractivity contribution in [1.82, 2.24) is 0 Å². The van der Waals surface area contributed by atoms with Crippen molar-refractivity contribution in [3.8, 4) is 0 Å². The minimum Gasteiger partial charge on any atom is -0.395 e. The summed E-state index contributed by atoms with van der Waals surface area (Å²) in [6, 6.07) is 0. The van der Waals surface area contributed by atoms with Gasteiger partial charge in [-0.3, -0.25) is 0 Å². The minimum absolute atomic E-state index is 0.384. The van der Waals surface area contributed by atoms with Crippen molar-refractivity contribution < 1.29 is 5.11 Å². The van der Waals surface area contributed by atoms with Crippen LogP contribution in [-0.4, -0.2) is 22.2 Å². The first-order valence-electron chi connectivity index (χ1n) is 3.14. The lowest BCUT2D eigenvalue weighted by Gasteiger charge is -1.87. The lowest BCUT2D eigenvalue weighted by atomic mass is 10.2. The average molecular weight is 132 g/mol. The molecule has 0 aliphatic carbocycles. The molecule has 1 rings (SSSR count). The predicted molar refractivity (Wildman–Crippen MR) is 37.2 cm³/mol. The first-order chi connectivity index (χ1) is 3.88. The monoisotopic (exact) mass is 132 g/mol. The second-order valence-electron chi connectivity index (χ2n) is 2.18. The van der Waals surface area contributed by atoms with Crippen LogP contribution in [0.5, 0.6) is 0 Å². The minimum atomic E-state index is 0.384. The summed E-state index contributed by atoms with van der Waals surface area (Å²) >= 11 is 1.91. The zero-order valence-electron chi connectivity index (χ0n) is 5.13. The van der Waals surface area contributed by atoms with Crippen molar-refractivity contribution in [2.75, 3.05) is 6.61 Å². The topological polar surface area (TPSA) is 20.2 Å². The molecular weight excluding hydrogens is 120 g/mol. The van der Waals surface area contributed by atoms with Gasteiger partial charge >= 0.3 is 0 Å². The largest absolute Gasteiger partial charge is 0.395 e. The van der Waals surface area contributed by atoms with E-state index in [1.807, 2.05) is 11.8 Å². The van der Waals surface area contributed by atoms with E-state index in [9.17, 15) is 0 Å². The van der Waals surface area contributed by atoms with Crippen LogP contribution in [0.2, 0.25) is 0 Å². The molecular formula is C6H12OS. The molecule has 1 N–H and O–H groups in total. The highest BCUT2D eigenvalue weighted by atomic mass is 32.2. The van der Waals surface area contributed by atoms with Crippen molar-refractivity contribution in [2.45, 2.75) is 30.3 Å². The van der Waals surface area contributed by atoms with E-state index in [4.69, 9.17) is 5.11 Å². The maximum atomic E-state index is 8.58. The van der Waals surface area contributed by atoms with Crippen molar-refractivity contribution in [3.05, 3.63) is 0 Å². The second-order valence-corrected chi connectivity index (χ2v) is 3.67. The van der Waals surface area contributed by atoms with Gasteiger partial charge in [0.05, 0.1) is 6.61 Å². The molecule has 0 amide bonds. The molecule has 0 bridgehead atoms. The van der Waals surface area contributed by atoms with E-state index < -0.39 is 0 Å². The van der Waals surface area contributed by atoms with Crippen LogP contribution >= 0.6 is 11.8 Å². The van der Waals surface area contributed by atoms with Gasteiger partial charge < -0.3 is 5.11 Å². The Balaban J connectivity index is 1.99. The van der Waals surface area contributed by atoms with Crippen LogP contribution in [0.1, 0.15) is 19.8 Å². The number of rotatable bonds is 3. The van der Waals surface area contributed by atoms with Gasteiger partial charge in [0, 0.05) is 10.5 Å². The second kappa shape index (κ2) is 2.74. The molecule has 0 spiro atoms. The number of hydrogen-bond acceptors (Lipinski definition) is 2. The summed E-state index contributed by atoms with van der Waals surface area (Å²) in [7, 11) is 0. The first-order valence-corrected chi connectivity index (χ1v) is 4.09. The Bertz CT molecular complexity index is 74.9. The third-order valence-corrected chi connectivity index (χ3v) is 2.87. The van der Waals surface area contributed by atoms with Crippen LogP contribution < -0.4 is 0 Å². The van der Waals surface area contributed by atoms with E-state index in [0.29, 0.717) is 11.9 Å². The molecule has 1 aliphatic rings. The van der Waals surface area contributed by atoms with Crippen LogP contribution in [0.15, 0.2) is 0 Å². The first kappa shape index (κ1) is 6.43. The van der Waals surface area contributed by atoms with Crippen LogP contribution in [0, 0.1) is 0 Å². The lowest BCUT2D eigenvalue weighted by molar-refractivity contribution is 0.301. The molecule has 0 radical (unpaired) electrons. The van der Waals surface area contributed by atoms with E-state index in [2.05, 4.69) is 6.92 Å². The van der Waals surface area contributed by atoms with Crippen molar-refractivity contribution in [1.29, 1.82) is 0 Å². The van der Waals surface area contributed by atoms with Crippen LogP contribution in [0.25, 0.3) is 0 Å². The molecule has 0 aromatic rings. The molecule has 1 aliphatic heterocycles. The van der Waals surface area contributed by atoms with Gasteiger partial charge in [-0.15, -0.1) is 0 Å². The lowest BCUT2D eigenvalue weighted by Crippen LogP contribution is -1.97. The molecule has 0 saturated carbocycles. The van der Waals surface area contributed by atoms with Crippen LogP contribution in [0.4, 0.5) is 0 Å². The maximum absolute atomic E-state index is 8.58. The summed E-state index contributed by atoms with van der Waals surface area (Å²) in [6.07, 6.45) is 2.55. The predicted octanol–water partition coefficient (Wildman–Crippen LogP) is 1.26. The summed E-state index contributed by atoms with van der Waals surface area (Å²) < 4.78 is 0. The fourth-order valence-electron chi connectivity index (χ4n) is 0.878. The van der Waals surface area contributed by atoms with E-state index >= 15 is 0 Å². The molecule has 0 unspecified atom stereocenters. The molecule has 1 nitrogen and oxygen atoms in total. The molecule has 2 atom stereocenters. The number of thioether (sulfide) groups is 1. The Hall–Kier alpha value is 0.310. The number of hydrogen-bond donors (Lipinski definition) is 1. The zero-order chi connectivity index (χ0) is 5.98. The van der Waals surface area contributed by atoms with Gasteiger partial charge in [0.15, 0.2) is 0 Å². The molecule has 1 heterocycles. The van der Waals surface area contributed by atoms with Crippen molar-refractivity contribution >= 4 is 11.8 Å². The fourth-order valence-corrected chi connectivity index (χ4v) is 1.92. The molecule has 1 fully saturated rings. The summed E-state index contributed by atoms with van der Waals surface area (Å²) in [5, 5.41) is 9.97. The highest BCUT2D eigenvalue weighted by Crippen LogP contribution is 2.43. The van der Waals surface area contributed by atoms with Gasteiger partial charge in [-0.1, -0.05) is 13.3 Å². The van der Waals surface area contributed by atoms with Gasteiger partial charge in [-0.25, -0.2) is 0 Å². The molecule has 1 saturated heterocycles. The molecule has 0 aromatic carbocycles. The van der Waals surface area contributed by atoms with Gasteiger partial charge in [0.2, 0.25) is 0 Å². The Morgan fingerprint density at radius 1 is 1.50 bits per heavy atom. The normalized spacial score (nSPS) is 35.2. The highest BCUT2D eigenvalue weighted by Gasteiger charge is 2.35. The highest BCUT2D eigenvalue weighted by molar-refractivity contribution is 8.07. The maximum Gasteiger partial charge on any atom is 0.0560 e.